The summed E-state index contributed by atoms with van der Waals surface area (Å²) in [4.78, 5) is 42.8. The van der Waals surface area contributed by atoms with Crippen LogP contribution in [0.5, 0.6) is 35.5 Å². The Morgan fingerprint density at radius 1 is 0.605 bits per heavy atom. The number of hydrogen-bond acceptors (Lipinski definition) is 10. The summed E-state index contributed by atoms with van der Waals surface area (Å²) in [7, 11) is 0. The monoisotopic (exact) mass is 522 g/mol. The highest BCUT2D eigenvalue weighted by atomic mass is 16.5. The molecule has 0 aliphatic carbocycles. The number of nitrogens with one attached hydrogen (secondary N) is 2. The van der Waals surface area contributed by atoms with Crippen LogP contribution in [-0.2, 0) is 0 Å². The van der Waals surface area contributed by atoms with Crippen molar-refractivity contribution in [1.29, 1.82) is 0 Å². The number of aromatic amines is 2. The Hall–Kier alpha value is -4.74. The topological polar surface area (TPSA) is 154 Å². The van der Waals surface area contributed by atoms with Crippen molar-refractivity contribution >= 4 is 0 Å². The van der Waals surface area contributed by atoms with Crippen molar-refractivity contribution in [2.24, 2.45) is 0 Å². The summed E-state index contributed by atoms with van der Waals surface area (Å²) >= 11 is 0. The third-order valence-corrected chi connectivity index (χ3v) is 4.59. The number of para-hydroxylation sites is 2. The van der Waals surface area contributed by atoms with Gasteiger partial charge in [-0.1, -0.05) is 63.1 Å². The average Bonchev–Trinajstić information content (AvgIpc) is 2.90. The minimum atomic E-state index is -0.595. The molecule has 4 aromatic rings. The Kier molecular flexibility index (Phi) is 11.3. The van der Waals surface area contributed by atoms with Gasteiger partial charge in [0.1, 0.15) is 11.5 Å². The van der Waals surface area contributed by atoms with E-state index >= 15 is 0 Å². The number of benzene rings is 2. The second kappa shape index (κ2) is 15.4. The molecule has 12 heteroatoms. The lowest BCUT2D eigenvalue weighted by atomic mass is 10.3. The van der Waals surface area contributed by atoms with Crippen molar-refractivity contribution in [3.63, 3.8) is 0 Å². The normalized spacial score (nSPS) is 10.2. The molecule has 0 aliphatic rings. The maximum atomic E-state index is 11.5. The van der Waals surface area contributed by atoms with Crippen LogP contribution >= 0.6 is 0 Å². The summed E-state index contributed by atoms with van der Waals surface area (Å²) < 4.78 is 21.4. The molecule has 0 bridgehead atoms. The molecular formula is C26H30N6O6. The Morgan fingerprint density at radius 2 is 1.11 bits per heavy atom. The number of rotatable bonds is 12. The SMILES string of the molecule is CCCCOc1nc(OCCCC)[nH]c(=O)n1.O=c1nc(Oc2ccccc2)nc(Oc2ccccc2)[nH]1. The van der Waals surface area contributed by atoms with Crippen molar-refractivity contribution in [1.82, 2.24) is 29.9 Å². The highest BCUT2D eigenvalue weighted by molar-refractivity contribution is 5.26. The van der Waals surface area contributed by atoms with E-state index in [-0.39, 0.29) is 24.0 Å². The van der Waals surface area contributed by atoms with Crippen LogP contribution in [0, 0.1) is 0 Å². The predicted molar refractivity (Wildman–Crippen MR) is 139 cm³/mol. The molecule has 12 nitrogen and oxygen atoms in total. The van der Waals surface area contributed by atoms with Crippen molar-refractivity contribution in [2.75, 3.05) is 13.2 Å². The molecule has 0 atom stereocenters. The van der Waals surface area contributed by atoms with Crippen LogP contribution in [0.1, 0.15) is 39.5 Å². The van der Waals surface area contributed by atoms with Gasteiger partial charge >= 0.3 is 35.4 Å². The number of H-pyrrole nitrogens is 2. The number of aromatic nitrogens is 6. The Morgan fingerprint density at radius 3 is 1.71 bits per heavy atom. The Balaban J connectivity index is 0.000000216. The molecule has 0 spiro atoms. The summed E-state index contributed by atoms with van der Waals surface area (Å²) in [5.74, 6) is 1.09. The summed E-state index contributed by atoms with van der Waals surface area (Å²) in [5.41, 5.74) is -1.10. The molecule has 200 valence electrons. The number of ether oxygens (including phenoxy) is 4. The van der Waals surface area contributed by atoms with Crippen LogP contribution in [0.4, 0.5) is 0 Å². The van der Waals surface area contributed by atoms with Crippen LogP contribution in [0.3, 0.4) is 0 Å². The van der Waals surface area contributed by atoms with Gasteiger partial charge in [0.05, 0.1) is 13.2 Å². The molecule has 0 fully saturated rings. The van der Waals surface area contributed by atoms with Crippen LogP contribution in [-0.4, -0.2) is 43.1 Å². The lowest BCUT2D eigenvalue weighted by molar-refractivity contribution is 0.253. The van der Waals surface area contributed by atoms with E-state index in [0.29, 0.717) is 24.7 Å². The smallest absolute Gasteiger partial charge is 0.353 e. The largest absolute Gasteiger partial charge is 0.465 e. The minimum absolute atomic E-state index is 0.0205. The number of hydrogen-bond donors (Lipinski definition) is 2. The summed E-state index contributed by atoms with van der Waals surface area (Å²) in [6, 6.07) is 18.1. The van der Waals surface area contributed by atoms with Gasteiger partial charge in [-0.05, 0) is 37.1 Å². The fourth-order valence-corrected chi connectivity index (χ4v) is 2.73. The van der Waals surface area contributed by atoms with Crippen molar-refractivity contribution in [3.8, 4) is 35.5 Å². The molecule has 2 N–H and O–H groups in total. The first-order valence-electron chi connectivity index (χ1n) is 12.2. The van der Waals surface area contributed by atoms with E-state index in [1.807, 2.05) is 36.4 Å². The first-order valence-corrected chi connectivity index (χ1v) is 12.2. The molecule has 0 unspecified atom stereocenters. The third kappa shape index (κ3) is 10.1. The average molecular weight is 523 g/mol. The van der Waals surface area contributed by atoms with Crippen LogP contribution in [0.2, 0.25) is 0 Å². The van der Waals surface area contributed by atoms with E-state index in [2.05, 4.69) is 43.8 Å². The third-order valence-electron chi connectivity index (χ3n) is 4.59. The second-order valence-electron chi connectivity index (χ2n) is 7.72. The molecule has 2 aromatic carbocycles. The Bertz CT molecular complexity index is 1250. The van der Waals surface area contributed by atoms with Gasteiger partial charge in [0.15, 0.2) is 0 Å². The predicted octanol–water partition coefficient (Wildman–Crippen LogP) is 4.27. The van der Waals surface area contributed by atoms with Gasteiger partial charge in [-0.3, -0.25) is 9.97 Å². The first-order chi connectivity index (χ1) is 18.6. The first kappa shape index (κ1) is 27.8. The van der Waals surface area contributed by atoms with Gasteiger partial charge < -0.3 is 18.9 Å². The number of unbranched alkanes of at least 4 members (excludes halogenated alkanes) is 2. The Labute approximate surface area is 219 Å². The highest BCUT2D eigenvalue weighted by Gasteiger charge is 2.07. The van der Waals surface area contributed by atoms with Gasteiger partial charge in [0.2, 0.25) is 0 Å². The van der Waals surface area contributed by atoms with E-state index in [1.54, 1.807) is 24.3 Å². The standard InChI is InChI=1S/C15H11N3O3.C11H19N3O3/c19-13-16-14(20-11-7-3-1-4-8-11)18-15(17-13)21-12-9-5-2-6-10-12;1-3-5-7-16-10-12-9(15)13-11(14-10)17-8-6-4-2/h1-10H,(H,16,17,18,19);3-8H2,1-2H3,(H,12,13,14,15). The molecule has 2 heterocycles. The van der Waals surface area contributed by atoms with E-state index in [4.69, 9.17) is 18.9 Å². The quantitative estimate of drug-likeness (QED) is 0.258. The fourth-order valence-electron chi connectivity index (χ4n) is 2.73. The zero-order valence-corrected chi connectivity index (χ0v) is 21.3. The molecular weight excluding hydrogens is 492 g/mol. The molecule has 38 heavy (non-hydrogen) atoms. The summed E-state index contributed by atoms with van der Waals surface area (Å²) in [6.45, 7) is 5.15. The second-order valence-corrected chi connectivity index (χ2v) is 7.72. The fraction of sp³-hybridized carbons (Fsp3) is 0.308. The maximum Gasteiger partial charge on any atom is 0.353 e. The van der Waals surface area contributed by atoms with E-state index < -0.39 is 11.4 Å². The van der Waals surface area contributed by atoms with Crippen molar-refractivity contribution in [3.05, 3.63) is 81.6 Å². The van der Waals surface area contributed by atoms with E-state index in [0.717, 1.165) is 25.7 Å². The molecule has 0 saturated heterocycles. The van der Waals surface area contributed by atoms with Crippen LogP contribution < -0.4 is 30.3 Å². The molecule has 2 aromatic heterocycles. The van der Waals surface area contributed by atoms with Gasteiger partial charge in [-0.15, -0.1) is 19.9 Å². The van der Waals surface area contributed by atoms with Crippen molar-refractivity contribution < 1.29 is 18.9 Å². The van der Waals surface area contributed by atoms with Gasteiger partial charge in [-0.2, -0.15) is 0 Å². The van der Waals surface area contributed by atoms with Crippen LogP contribution in [0.25, 0.3) is 0 Å². The zero-order valence-electron chi connectivity index (χ0n) is 21.3. The number of nitrogens with zero attached hydrogens (tertiary/aromatic N) is 4. The molecule has 0 radical (unpaired) electrons. The van der Waals surface area contributed by atoms with Gasteiger partial charge in [-0.25, -0.2) is 9.59 Å². The van der Waals surface area contributed by atoms with Gasteiger partial charge in [0, 0.05) is 0 Å². The maximum absolute atomic E-state index is 11.5. The molecule has 4 rings (SSSR count). The van der Waals surface area contributed by atoms with Gasteiger partial charge in [0.25, 0.3) is 0 Å². The highest BCUT2D eigenvalue weighted by Crippen LogP contribution is 2.19. The zero-order chi connectivity index (χ0) is 27.0. The molecule has 0 saturated carbocycles. The van der Waals surface area contributed by atoms with Crippen molar-refractivity contribution in [2.45, 2.75) is 39.5 Å². The summed E-state index contributed by atoms with van der Waals surface area (Å²) in [6.07, 6.45) is 3.86. The lowest BCUT2D eigenvalue weighted by Crippen LogP contribution is -2.16. The lowest BCUT2D eigenvalue weighted by Gasteiger charge is -2.06. The van der Waals surface area contributed by atoms with E-state index in [1.165, 1.54) is 0 Å². The van der Waals surface area contributed by atoms with Crippen LogP contribution in [0.15, 0.2) is 70.3 Å². The minimum Gasteiger partial charge on any atom is -0.465 e. The summed E-state index contributed by atoms with van der Waals surface area (Å²) in [5, 5.41) is 0. The molecule has 0 aliphatic heterocycles. The van der Waals surface area contributed by atoms with E-state index in [9.17, 15) is 9.59 Å². The molecule has 0 amide bonds.